The highest BCUT2D eigenvalue weighted by molar-refractivity contribution is 6.47. The van der Waals surface area contributed by atoms with Crippen LogP contribution in [0.25, 0.3) is 0 Å². The summed E-state index contributed by atoms with van der Waals surface area (Å²) >= 11 is 0. The van der Waals surface area contributed by atoms with Crippen LogP contribution in [0.1, 0.15) is 80.2 Å². The molecule has 0 spiro atoms. The van der Waals surface area contributed by atoms with E-state index in [2.05, 4.69) is 29.8 Å². The first kappa shape index (κ1) is 34.4. The zero-order valence-electron chi connectivity index (χ0n) is 25.1. The Hall–Kier alpha value is -2.59. The summed E-state index contributed by atoms with van der Waals surface area (Å²) < 4.78 is 16.9. The van der Waals surface area contributed by atoms with E-state index < -0.39 is 31.2 Å². The number of amides is 3. The average molecular weight is 548 g/mol. The van der Waals surface area contributed by atoms with Gasteiger partial charge >= 0.3 is 13.2 Å². The minimum Gasteiger partial charge on any atom is -0.445 e. The highest BCUT2D eigenvalue weighted by Crippen LogP contribution is 2.13. The number of rotatable bonds is 18. The third-order valence-electron chi connectivity index (χ3n) is 5.91. The van der Waals surface area contributed by atoms with Crippen molar-refractivity contribution in [2.75, 3.05) is 13.2 Å². The average Bonchev–Trinajstić information content (AvgIpc) is 2.86. The van der Waals surface area contributed by atoms with E-state index in [1.165, 1.54) is 0 Å². The minimum absolute atomic E-state index is 0.0964. The van der Waals surface area contributed by atoms with Gasteiger partial charge in [-0.05, 0) is 56.4 Å². The van der Waals surface area contributed by atoms with E-state index in [-0.39, 0.29) is 30.3 Å². The molecule has 0 saturated carbocycles. The van der Waals surface area contributed by atoms with Crippen molar-refractivity contribution in [1.82, 2.24) is 16.0 Å². The second-order valence-electron chi connectivity index (χ2n) is 11.1. The van der Waals surface area contributed by atoms with Gasteiger partial charge in [-0.1, -0.05) is 71.9 Å². The van der Waals surface area contributed by atoms with Crippen LogP contribution in [0.15, 0.2) is 30.3 Å². The largest absolute Gasteiger partial charge is 0.480 e. The number of carbonyl (C=O) groups excluding carboxylic acids is 3. The van der Waals surface area contributed by atoms with E-state index in [1.807, 2.05) is 71.9 Å². The first-order valence-electron chi connectivity index (χ1n) is 14.3. The molecule has 220 valence electrons. The molecule has 0 aliphatic heterocycles. The van der Waals surface area contributed by atoms with Crippen molar-refractivity contribution in [1.29, 1.82) is 0 Å². The van der Waals surface area contributed by atoms with Gasteiger partial charge in [0.05, 0.1) is 5.94 Å². The normalized spacial score (nSPS) is 13.6. The Morgan fingerprint density at radius 1 is 0.718 bits per heavy atom. The molecular formula is C29H50BN3O6. The summed E-state index contributed by atoms with van der Waals surface area (Å²) in [7, 11) is -0.587. The molecule has 10 heteroatoms. The number of nitrogens with one attached hydrogen (secondary N) is 3. The Balaban J connectivity index is 2.99. The fourth-order valence-electron chi connectivity index (χ4n) is 4.22. The van der Waals surface area contributed by atoms with Gasteiger partial charge in [0.2, 0.25) is 11.8 Å². The Bertz CT molecular complexity index is 847. The smallest absolute Gasteiger partial charge is 0.445 e. The lowest BCUT2D eigenvalue weighted by Crippen LogP contribution is -2.58. The van der Waals surface area contributed by atoms with Crippen LogP contribution in [0.4, 0.5) is 4.79 Å². The summed E-state index contributed by atoms with van der Waals surface area (Å²) in [5.74, 6) is -0.540. The number of ether oxygens (including phenoxy) is 1. The van der Waals surface area contributed by atoms with Gasteiger partial charge in [0.15, 0.2) is 0 Å². The highest BCUT2D eigenvalue weighted by Gasteiger charge is 2.35. The Morgan fingerprint density at radius 2 is 1.21 bits per heavy atom. The number of benzene rings is 1. The molecule has 0 unspecified atom stereocenters. The van der Waals surface area contributed by atoms with Gasteiger partial charge in [0.1, 0.15) is 18.7 Å². The first-order valence-corrected chi connectivity index (χ1v) is 14.3. The maximum absolute atomic E-state index is 13.5. The van der Waals surface area contributed by atoms with Gasteiger partial charge in [-0.3, -0.25) is 9.59 Å². The minimum atomic E-state index is -0.846. The molecule has 3 amide bonds. The molecule has 3 atom stereocenters. The summed E-state index contributed by atoms with van der Waals surface area (Å²) in [6.45, 7) is 16.8. The third-order valence-corrected chi connectivity index (χ3v) is 5.91. The van der Waals surface area contributed by atoms with Crippen LogP contribution < -0.4 is 16.0 Å². The van der Waals surface area contributed by atoms with Crippen LogP contribution in [0.2, 0.25) is 0 Å². The van der Waals surface area contributed by atoms with Crippen molar-refractivity contribution in [2.45, 2.75) is 99.3 Å². The fraction of sp³-hybridized carbons (Fsp3) is 0.690. The van der Waals surface area contributed by atoms with Gasteiger partial charge in [0.25, 0.3) is 0 Å². The summed E-state index contributed by atoms with van der Waals surface area (Å²) in [4.78, 5) is 39.4. The standard InChI is InChI=1S/C29H50BN3O6/c1-9-38-30(39-10-2)26(18-22(7)8)33-28(35)24(16-20(3)4)31-27(34)25(17-21(5)6)32-29(36)37-19-23-14-12-11-13-15-23/h11-15,20-22,24-26H,9-10,16-19H2,1-8H3,(H,31,34)(H,32,36)(H,33,35)/t24-,25-,26-/m0/s1. The van der Waals surface area contributed by atoms with E-state index in [0.29, 0.717) is 38.4 Å². The van der Waals surface area contributed by atoms with Gasteiger partial charge in [-0.15, -0.1) is 0 Å². The lowest BCUT2D eigenvalue weighted by atomic mass is 9.73. The van der Waals surface area contributed by atoms with Crippen LogP contribution in [0.3, 0.4) is 0 Å². The van der Waals surface area contributed by atoms with Crippen molar-refractivity contribution in [3.63, 3.8) is 0 Å². The van der Waals surface area contributed by atoms with Gasteiger partial charge in [-0.25, -0.2) is 4.79 Å². The number of hydrogen-bond donors (Lipinski definition) is 3. The lowest BCUT2D eigenvalue weighted by Gasteiger charge is -2.29. The van der Waals surface area contributed by atoms with E-state index >= 15 is 0 Å². The number of carbonyl (C=O) groups is 3. The Kier molecular flexibility index (Phi) is 16.5. The molecule has 1 rings (SSSR count). The monoisotopic (exact) mass is 547 g/mol. The second-order valence-corrected chi connectivity index (χ2v) is 11.1. The van der Waals surface area contributed by atoms with Gasteiger partial charge in [0, 0.05) is 13.2 Å². The molecule has 9 nitrogen and oxygen atoms in total. The Morgan fingerprint density at radius 3 is 1.69 bits per heavy atom. The first-order chi connectivity index (χ1) is 18.5. The molecule has 0 radical (unpaired) electrons. The van der Waals surface area contributed by atoms with Crippen LogP contribution >= 0.6 is 0 Å². The predicted octanol–water partition coefficient (Wildman–Crippen LogP) is 4.49. The van der Waals surface area contributed by atoms with Gasteiger partial charge < -0.3 is 30.0 Å². The molecule has 0 aromatic heterocycles. The summed E-state index contributed by atoms with van der Waals surface area (Å²) in [5, 5.41) is 8.65. The summed E-state index contributed by atoms with van der Waals surface area (Å²) in [6.07, 6.45) is 0.809. The molecule has 0 heterocycles. The molecule has 0 bridgehead atoms. The van der Waals surface area contributed by atoms with Crippen molar-refractivity contribution < 1.29 is 28.4 Å². The van der Waals surface area contributed by atoms with Crippen LogP contribution in [-0.4, -0.2) is 56.3 Å². The lowest BCUT2D eigenvalue weighted by molar-refractivity contribution is -0.130. The van der Waals surface area contributed by atoms with Crippen molar-refractivity contribution >= 4 is 25.0 Å². The van der Waals surface area contributed by atoms with Crippen LogP contribution in [-0.2, 0) is 30.2 Å². The molecule has 0 aliphatic rings. The van der Waals surface area contributed by atoms with Crippen molar-refractivity contribution in [2.24, 2.45) is 17.8 Å². The predicted molar refractivity (Wildman–Crippen MR) is 155 cm³/mol. The fourth-order valence-corrected chi connectivity index (χ4v) is 4.22. The zero-order chi connectivity index (χ0) is 29.4. The number of hydrogen-bond acceptors (Lipinski definition) is 6. The summed E-state index contributed by atoms with van der Waals surface area (Å²) in [6, 6.07) is 7.69. The van der Waals surface area contributed by atoms with Crippen molar-refractivity contribution in [3.05, 3.63) is 35.9 Å². The molecule has 1 aromatic rings. The molecule has 0 fully saturated rings. The quantitative estimate of drug-likeness (QED) is 0.233. The third kappa shape index (κ3) is 14.4. The molecule has 39 heavy (non-hydrogen) atoms. The molecule has 0 saturated heterocycles. The van der Waals surface area contributed by atoms with E-state index in [1.54, 1.807) is 0 Å². The Labute approximate surface area is 235 Å². The van der Waals surface area contributed by atoms with E-state index in [4.69, 9.17) is 14.0 Å². The summed E-state index contributed by atoms with van der Waals surface area (Å²) in [5.41, 5.74) is 0.847. The number of alkyl carbamates (subject to hydrolysis) is 1. The molecule has 0 aliphatic carbocycles. The van der Waals surface area contributed by atoms with Crippen molar-refractivity contribution in [3.8, 4) is 0 Å². The second kappa shape index (κ2) is 18.7. The molecular weight excluding hydrogens is 497 g/mol. The highest BCUT2D eigenvalue weighted by atomic mass is 16.6. The maximum atomic E-state index is 13.5. The zero-order valence-corrected chi connectivity index (χ0v) is 25.1. The SMILES string of the molecule is CCOB(OCC)[C@H](CC(C)C)NC(=O)[C@H](CC(C)C)NC(=O)[C@H](CC(C)C)NC(=O)OCc1ccccc1. The van der Waals surface area contributed by atoms with E-state index in [9.17, 15) is 14.4 Å². The van der Waals surface area contributed by atoms with E-state index in [0.717, 1.165) is 5.56 Å². The molecule has 3 N–H and O–H groups in total. The van der Waals surface area contributed by atoms with Gasteiger partial charge in [-0.2, -0.15) is 0 Å². The van der Waals surface area contributed by atoms with Crippen LogP contribution in [0, 0.1) is 17.8 Å². The van der Waals surface area contributed by atoms with Crippen LogP contribution in [0.5, 0.6) is 0 Å². The molecule has 1 aromatic carbocycles. The maximum Gasteiger partial charge on any atom is 0.480 e. The topological polar surface area (TPSA) is 115 Å².